The molecule has 1 aromatic carbocycles. The van der Waals surface area contributed by atoms with Gasteiger partial charge >= 0.3 is 5.97 Å². The number of hydrogen-bond donors (Lipinski definition) is 7. The van der Waals surface area contributed by atoms with Crippen LogP contribution in [0.4, 0.5) is 0 Å². The Bertz CT molecular complexity index is 1820. The molecular formula is C41H55NO12S2. The molecule has 0 radical (unpaired) electrons. The van der Waals surface area contributed by atoms with E-state index in [4.69, 9.17) is 23.4 Å². The summed E-state index contributed by atoms with van der Waals surface area (Å²) in [4.78, 5) is 12.8. The molecule has 6 heterocycles. The van der Waals surface area contributed by atoms with Crippen molar-refractivity contribution in [3.8, 4) is 11.5 Å². The van der Waals surface area contributed by atoms with Gasteiger partial charge in [0, 0.05) is 48.6 Å². The van der Waals surface area contributed by atoms with Crippen LogP contribution in [0.3, 0.4) is 0 Å². The lowest BCUT2D eigenvalue weighted by Crippen LogP contribution is -2.91. The van der Waals surface area contributed by atoms with Gasteiger partial charge in [-0.25, -0.2) is 0 Å². The lowest BCUT2D eigenvalue weighted by Gasteiger charge is -2.72. The van der Waals surface area contributed by atoms with Crippen LogP contribution in [0.25, 0.3) is 11.0 Å². The lowest BCUT2D eigenvalue weighted by molar-refractivity contribution is -0.457. The van der Waals surface area contributed by atoms with Gasteiger partial charge in [-0.2, -0.15) is 0 Å². The largest absolute Gasteiger partial charge is 0.485 e. The first-order chi connectivity index (χ1) is 26.9. The number of rotatable bonds is 5. The molecular weight excluding hydrogens is 763 g/mol. The van der Waals surface area contributed by atoms with Crippen molar-refractivity contribution in [2.75, 3.05) is 32.1 Å². The number of ether oxygens (including phenoxy) is 4. The molecule has 13 nitrogen and oxygen atoms in total. The summed E-state index contributed by atoms with van der Waals surface area (Å²) in [6.45, 7) is 4.28. The number of hydrogen-bond acceptors (Lipinski definition) is 15. The quantitative estimate of drug-likeness (QED) is 0.132. The molecule has 1 saturated carbocycles. The smallest absolute Gasteiger partial charge is 0.306 e. The van der Waals surface area contributed by atoms with Crippen molar-refractivity contribution in [2.24, 2.45) is 23.7 Å². The van der Waals surface area contributed by atoms with Crippen molar-refractivity contribution in [1.82, 2.24) is 5.32 Å². The predicted molar refractivity (Wildman–Crippen MR) is 210 cm³/mol. The molecule has 7 aliphatic rings. The third-order valence-electron chi connectivity index (χ3n) is 13.3. The van der Waals surface area contributed by atoms with Gasteiger partial charge in [0.05, 0.1) is 30.3 Å². The number of aliphatic hydroxyl groups excluding tert-OH is 4. The van der Waals surface area contributed by atoms with E-state index in [-0.39, 0.29) is 56.4 Å². The molecule has 9 rings (SSSR count). The summed E-state index contributed by atoms with van der Waals surface area (Å²) in [6.07, 6.45) is 7.21. The van der Waals surface area contributed by atoms with Crippen molar-refractivity contribution in [3.05, 3.63) is 48.3 Å². The van der Waals surface area contributed by atoms with Crippen molar-refractivity contribution in [1.29, 1.82) is 0 Å². The van der Waals surface area contributed by atoms with Gasteiger partial charge in [0.2, 0.25) is 5.75 Å². The molecule has 1 aromatic heterocycles. The molecule has 13 unspecified atom stereocenters. The van der Waals surface area contributed by atoms with Crippen molar-refractivity contribution in [2.45, 2.75) is 117 Å². The Hall–Kier alpha value is -2.31. The normalized spacial score (nSPS) is 42.3. The fourth-order valence-corrected chi connectivity index (χ4v) is 13.7. The van der Waals surface area contributed by atoms with Crippen LogP contribution in [0.2, 0.25) is 0 Å². The van der Waals surface area contributed by atoms with Crippen LogP contribution in [0.1, 0.15) is 64.4 Å². The van der Waals surface area contributed by atoms with Gasteiger partial charge in [-0.1, -0.05) is 59.6 Å². The second-order valence-electron chi connectivity index (χ2n) is 16.6. The molecule has 13 atom stereocenters. The summed E-state index contributed by atoms with van der Waals surface area (Å²) in [6, 6.07) is 3.70. The molecule has 56 heavy (non-hydrogen) atoms. The molecule has 6 bridgehead atoms. The third kappa shape index (κ3) is 6.34. The van der Waals surface area contributed by atoms with Gasteiger partial charge in [-0.05, 0) is 74.6 Å². The standard InChI is InChI=1S/C41H55NO12S2/c1-3-50-32(46)12-9-24-19-25-14-17-51-34(25)36-35(24)53-39-15-13-31-41(54-39,30(45)6-4-5-23(2)7-10-27(22-55-56-31)42-16-18-52-36)38(48)20-26-8-11-29(44)28(21-43)33(26)40(39,49)37(38)47/h8,11,13-15,17,19,23,26-31,33,37,42-45,47-49H,3-7,9-10,12,16,18,20-22H2,1-2H3. The fraction of sp³-hybridized carbons (Fsp3) is 0.683. The van der Waals surface area contributed by atoms with E-state index in [1.54, 1.807) is 48.1 Å². The van der Waals surface area contributed by atoms with Crippen molar-refractivity contribution >= 4 is 38.5 Å². The highest BCUT2D eigenvalue weighted by molar-refractivity contribution is 8.77. The summed E-state index contributed by atoms with van der Waals surface area (Å²) < 4.78 is 32.3. The molecule has 2 saturated heterocycles. The second kappa shape index (κ2) is 15.7. The van der Waals surface area contributed by atoms with E-state index in [2.05, 4.69) is 12.2 Å². The summed E-state index contributed by atoms with van der Waals surface area (Å²) >= 11 is 0. The highest BCUT2D eigenvalue weighted by atomic mass is 33.1. The van der Waals surface area contributed by atoms with Crippen LogP contribution >= 0.6 is 21.6 Å². The summed E-state index contributed by atoms with van der Waals surface area (Å²) in [5, 5.41) is 78.0. The first-order valence-electron chi connectivity index (χ1n) is 20.1. The second-order valence-corrected chi connectivity index (χ2v) is 19.1. The molecule has 2 aliphatic carbocycles. The van der Waals surface area contributed by atoms with Gasteiger partial charge in [0.25, 0.3) is 5.79 Å². The van der Waals surface area contributed by atoms with Gasteiger partial charge in [-0.3, -0.25) is 4.79 Å². The minimum atomic E-state index is -2.53. The topological polar surface area (TPSA) is 201 Å². The number of carbonyl (C=O) groups is 1. The van der Waals surface area contributed by atoms with E-state index in [1.165, 1.54) is 17.1 Å². The molecule has 0 amide bonds. The summed E-state index contributed by atoms with van der Waals surface area (Å²) in [5.74, 6) is -4.21. The number of allylic oxidation sites excluding steroid dienone is 1. The van der Waals surface area contributed by atoms with Crippen LogP contribution in [-0.2, 0) is 20.7 Å². The number of nitrogens with one attached hydrogen (secondary N) is 1. The monoisotopic (exact) mass is 817 g/mol. The number of aryl methyl sites for hydroxylation is 1. The Balaban J connectivity index is 1.39. The highest BCUT2D eigenvalue weighted by Crippen LogP contribution is 2.67. The van der Waals surface area contributed by atoms with E-state index in [0.717, 1.165) is 19.3 Å². The van der Waals surface area contributed by atoms with Gasteiger partial charge in [0.15, 0.2) is 16.9 Å². The molecule has 5 aliphatic heterocycles. The van der Waals surface area contributed by atoms with Crippen molar-refractivity contribution in [3.63, 3.8) is 0 Å². The Morgan fingerprint density at radius 3 is 2.73 bits per heavy atom. The zero-order chi connectivity index (χ0) is 39.5. The minimum Gasteiger partial charge on any atom is -0.485 e. The number of fused-ring (bicyclic) bond motifs is 8. The van der Waals surface area contributed by atoms with Crippen molar-refractivity contribution < 1.29 is 58.8 Å². The van der Waals surface area contributed by atoms with Crippen LogP contribution in [0.15, 0.2) is 47.1 Å². The zero-order valence-corrected chi connectivity index (χ0v) is 33.5. The van der Waals surface area contributed by atoms with Crippen LogP contribution in [0, 0.1) is 23.7 Å². The van der Waals surface area contributed by atoms with E-state index >= 15 is 0 Å². The van der Waals surface area contributed by atoms with E-state index < -0.39 is 76.5 Å². The zero-order valence-electron chi connectivity index (χ0n) is 31.9. The first kappa shape index (κ1) is 40.5. The number of furan rings is 1. The maximum Gasteiger partial charge on any atom is 0.306 e. The summed E-state index contributed by atoms with van der Waals surface area (Å²) in [5.41, 5.74) is -5.84. The number of aliphatic hydroxyl groups is 6. The average Bonchev–Trinajstić information content (AvgIpc) is 3.65. The fourth-order valence-electron chi connectivity index (χ4n) is 10.5. The Kier molecular flexibility index (Phi) is 11.3. The Morgan fingerprint density at radius 1 is 1.09 bits per heavy atom. The van der Waals surface area contributed by atoms with Crippen LogP contribution < -0.4 is 14.8 Å². The van der Waals surface area contributed by atoms with E-state index in [1.807, 2.05) is 6.07 Å². The van der Waals surface area contributed by atoms with Crippen LogP contribution in [-0.4, -0.2) is 121 Å². The molecule has 7 N–H and O–H groups in total. The number of benzene rings is 1. The molecule has 2 aromatic rings. The summed E-state index contributed by atoms with van der Waals surface area (Å²) in [7, 11) is 3.04. The Labute approximate surface area is 334 Å². The molecule has 2 spiro atoms. The molecule has 15 heteroatoms. The highest BCUT2D eigenvalue weighted by Gasteiger charge is 2.84. The minimum absolute atomic E-state index is 0.0160. The van der Waals surface area contributed by atoms with Gasteiger partial charge < -0.3 is 59.3 Å². The SMILES string of the molecule is CCOC(=O)CCc1cc2ccoc2c2c1OC13C=CC4SSCC(CCC(C)CCCC(O)C4(O1)C1(O)CC4C=CC(O)C(CO)C4C3(O)C1O)NCCO2. The van der Waals surface area contributed by atoms with Gasteiger partial charge in [0.1, 0.15) is 23.9 Å². The average molecular weight is 818 g/mol. The first-order valence-corrected chi connectivity index (χ1v) is 22.5. The van der Waals surface area contributed by atoms with E-state index in [0.29, 0.717) is 41.2 Å². The Morgan fingerprint density at radius 2 is 1.93 bits per heavy atom. The third-order valence-corrected chi connectivity index (χ3v) is 16.1. The van der Waals surface area contributed by atoms with Gasteiger partial charge in [-0.15, -0.1) is 0 Å². The maximum atomic E-state index is 13.5. The van der Waals surface area contributed by atoms with E-state index in [9.17, 15) is 35.4 Å². The molecule has 3 fully saturated rings. The molecule has 308 valence electrons. The van der Waals surface area contributed by atoms with Crippen LogP contribution in [0.5, 0.6) is 11.5 Å². The lowest BCUT2D eigenvalue weighted by atomic mass is 9.46. The number of esters is 1. The maximum absolute atomic E-state index is 13.5. The predicted octanol–water partition coefficient (Wildman–Crippen LogP) is 3.40. The number of carbonyl (C=O) groups excluding carboxylic acids is 1.